The number of hydrogen-bond acceptors (Lipinski definition) is 5. The second-order valence-corrected chi connectivity index (χ2v) is 5.81. The van der Waals surface area contributed by atoms with E-state index in [1.807, 2.05) is 31.1 Å². The number of carboxylic acid groups (broad SMARTS) is 1. The molecule has 7 nitrogen and oxygen atoms in total. The van der Waals surface area contributed by atoms with Crippen LogP contribution in [0, 0.1) is 0 Å². The molecule has 136 valence electrons. The third-order valence-corrected chi connectivity index (χ3v) is 3.55. The predicted molar refractivity (Wildman–Crippen MR) is 100.0 cm³/mol. The van der Waals surface area contributed by atoms with Crippen LogP contribution in [0.5, 0.6) is 5.75 Å². The number of aliphatic carboxylic acids is 1. The van der Waals surface area contributed by atoms with Gasteiger partial charge in [0.2, 0.25) is 0 Å². The van der Waals surface area contributed by atoms with Crippen molar-refractivity contribution in [3.05, 3.63) is 59.7 Å². The van der Waals surface area contributed by atoms with Crippen LogP contribution in [-0.4, -0.2) is 43.4 Å². The van der Waals surface area contributed by atoms with Crippen LogP contribution in [0.2, 0.25) is 0 Å². The number of hydrazone groups is 1. The van der Waals surface area contributed by atoms with Crippen LogP contribution < -0.4 is 15.1 Å². The monoisotopic (exact) mass is 355 g/mol. The standard InChI is InChI=1S/C19H21N3O4/c1-13(19(24)25)26-17-9-7-14(8-10-17)12-20-21-18(23)15-5-4-6-16(11-15)22(2)3/h4-13H,1-3H3,(H,21,23)(H,24,25)/b20-12+. The third kappa shape index (κ3) is 5.34. The molecule has 1 atom stereocenters. The fourth-order valence-electron chi connectivity index (χ4n) is 2.04. The van der Waals surface area contributed by atoms with Gasteiger partial charge >= 0.3 is 5.97 Å². The summed E-state index contributed by atoms with van der Waals surface area (Å²) in [5.41, 5.74) is 4.65. The normalized spacial score (nSPS) is 11.8. The largest absolute Gasteiger partial charge is 0.479 e. The average molecular weight is 355 g/mol. The van der Waals surface area contributed by atoms with Crippen molar-refractivity contribution in [2.24, 2.45) is 5.10 Å². The molecule has 0 aliphatic heterocycles. The molecule has 0 aromatic heterocycles. The summed E-state index contributed by atoms with van der Waals surface area (Å²) in [7, 11) is 3.81. The fraction of sp³-hybridized carbons (Fsp3) is 0.211. The Hall–Kier alpha value is -3.35. The van der Waals surface area contributed by atoms with Crippen molar-refractivity contribution in [3.8, 4) is 5.75 Å². The summed E-state index contributed by atoms with van der Waals surface area (Å²) in [6.45, 7) is 1.46. The van der Waals surface area contributed by atoms with Crippen LogP contribution in [0.25, 0.3) is 0 Å². The smallest absolute Gasteiger partial charge is 0.344 e. The lowest BCUT2D eigenvalue weighted by atomic mass is 10.2. The van der Waals surface area contributed by atoms with Gasteiger partial charge in [-0.1, -0.05) is 6.07 Å². The Morgan fingerprint density at radius 3 is 2.50 bits per heavy atom. The summed E-state index contributed by atoms with van der Waals surface area (Å²) in [5, 5.41) is 12.8. The second-order valence-electron chi connectivity index (χ2n) is 5.81. The van der Waals surface area contributed by atoms with E-state index in [-0.39, 0.29) is 5.91 Å². The number of hydrogen-bond donors (Lipinski definition) is 2. The Morgan fingerprint density at radius 1 is 1.19 bits per heavy atom. The molecule has 26 heavy (non-hydrogen) atoms. The quantitative estimate of drug-likeness (QED) is 0.588. The van der Waals surface area contributed by atoms with Gasteiger partial charge in [0.1, 0.15) is 5.75 Å². The molecule has 0 heterocycles. The first-order valence-corrected chi connectivity index (χ1v) is 7.97. The molecule has 1 amide bonds. The van der Waals surface area contributed by atoms with Crippen molar-refractivity contribution < 1.29 is 19.4 Å². The fourth-order valence-corrected chi connectivity index (χ4v) is 2.04. The zero-order valence-electron chi connectivity index (χ0n) is 14.8. The molecule has 2 aromatic rings. The van der Waals surface area contributed by atoms with Gasteiger partial charge in [-0.05, 0) is 55.0 Å². The van der Waals surface area contributed by atoms with E-state index in [2.05, 4.69) is 10.5 Å². The molecule has 0 saturated carbocycles. The number of anilines is 1. The molecular formula is C19H21N3O4. The van der Waals surface area contributed by atoms with Crippen LogP contribution in [-0.2, 0) is 4.79 Å². The highest BCUT2D eigenvalue weighted by Crippen LogP contribution is 2.14. The van der Waals surface area contributed by atoms with Crippen molar-refractivity contribution >= 4 is 23.8 Å². The Balaban J connectivity index is 1.94. The van der Waals surface area contributed by atoms with Gasteiger partial charge in [-0.3, -0.25) is 4.79 Å². The highest BCUT2D eigenvalue weighted by atomic mass is 16.5. The summed E-state index contributed by atoms with van der Waals surface area (Å²) in [5.74, 6) is -0.890. The van der Waals surface area contributed by atoms with Gasteiger partial charge in [0.05, 0.1) is 6.21 Å². The lowest BCUT2D eigenvalue weighted by Crippen LogP contribution is -2.22. The first-order chi connectivity index (χ1) is 12.4. The van der Waals surface area contributed by atoms with Crippen molar-refractivity contribution in [2.45, 2.75) is 13.0 Å². The van der Waals surface area contributed by atoms with E-state index < -0.39 is 12.1 Å². The maximum Gasteiger partial charge on any atom is 0.344 e. The Labute approximate surface area is 151 Å². The lowest BCUT2D eigenvalue weighted by Gasteiger charge is -2.12. The highest BCUT2D eigenvalue weighted by molar-refractivity contribution is 5.95. The first kappa shape index (κ1) is 19.0. The molecule has 0 aliphatic carbocycles. The number of amides is 1. The van der Waals surface area contributed by atoms with Gasteiger partial charge in [0.15, 0.2) is 6.10 Å². The molecular weight excluding hydrogens is 334 g/mol. The van der Waals surface area contributed by atoms with E-state index >= 15 is 0 Å². The summed E-state index contributed by atoms with van der Waals surface area (Å²) in [6.07, 6.45) is 0.574. The molecule has 2 aromatic carbocycles. The highest BCUT2D eigenvalue weighted by Gasteiger charge is 2.11. The number of rotatable bonds is 7. The van der Waals surface area contributed by atoms with E-state index in [1.165, 1.54) is 13.1 Å². The average Bonchev–Trinajstić information content (AvgIpc) is 2.63. The van der Waals surface area contributed by atoms with Gasteiger partial charge in [0, 0.05) is 25.3 Å². The maximum atomic E-state index is 12.1. The number of ether oxygens (including phenoxy) is 1. The van der Waals surface area contributed by atoms with Gasteiger partial charge in [0.25, 0.3) is 5.91 Å². The Kier molecular flexibility index (Phi) is 6.32. The van der Waals surface area contributed by atoms with Gasteiger partial charge in [-0.2, -0.15) is 5.10 Å². The summed E-state index contributed by atoms with van der Waals surface area (Å²) in [4.78, 5) is 24.8. The van der Waals surface area contributed by atoms with Crippen LogP contribution in [0.3, 0.4) is 0 Å². The minimum Gasteiger partial charge on any atom is -0.479 e. The van der Waals surface area contributed by atoms with E-state index in [0.29, 0.717) is 11.3 Å². The minimum atomic E-state index is -1.03. The predicted octanol–water partition coefficient (Wildman–Crippen LogP) is 2.37. The Morgan fingerprint density at radius 2 is 1.88 bits per heavy atom. The zero-order valence-corrected chi connectivity index (χ0v) is 14.8. The van der Waals surface area contributed by atoms with Gasteiger partial charge in [-0.15, -0.1) is 0 Å². The molecule has 7 heteroatoms. The molecule has 0 saturated heterocycles. The molecule has 2 N–H and O–H groups in total. The zero-order chi connectivity index (χ0) is 19.1. The SMILES string of the molecule is CC(Oc1ccc(/C=N/NC(=O)c2cccc(N(C)C)c2)cc1)C(=O)O. The molecule has 2 rings (SSSR count). The molecule has 0 aliphatic rings. The summed E-state index contributed by atoms with van der Waals surface area (Å²) < 4.78 is 5.24. The van der Waals surface area contributed by atoms with Crippen molar-refractivity contribution in [1.29, 1.82) is 0 Å². The molecule has 0 fully saturated rings. The van der Waals surface area contributed by atoms with Crippen LogP contribution in [0.1, 0.15) is 22.8 Å². The van der Waals surface area contributed by atoms with E-state index in [9.17, 15) is 9.59 Å². The molecule has 0 spiro atoms. The van der Waals surface area contributed by atoms with Crippen molar-refractivity contribution in [2.75, 3.05) is 19.0 Å². The lowest BCUT2D eigenvalue weighted by molar-refractivity contribution is -0.144. The number of benzene rings is 2. The molecule has 1 unspecified atom stereocenters. The van der Waals surface area contributed by atoms with Crippen LogP contribution in [0.15, 0.2) is 53.6 Å². The number of nitrogens with zero attached hydrogens (tertiary/aromatic N) is 2. The van der Waals surface area contributed by atoms with Crippen LogP contribution in [0.4, 0.5) is 5.69 Å². The van der Waals surface area contributed by atoms with Crippen molar-refractivity contribution in [1.82, 2.24) is 5.43 Å². The minimum absolute atomic E-state index is 0.305. The number of carboxylic acids is 1. The number of carbonyl (C=O) groups is 2. The third-order valence-electron chi connectivity index (χ3n) is 3.55. The van der Waals surface area contributed by atoms with E-state index in [4.69, 9.17) is 9.84 Å². The summed E-state index contributed by atoms with van der Waals surface area (Å²) in [6, 6.07) is 13.9. The van der Waals surface area contributed by atoms with Crippen molar-refractivity contribution in [3.63, 3.8) is 0 Å². The van der Waals surface area contributed by atoms with Crippen LogP contribution >= 0.6 is 0 Å². The molecule has 0 bridgehead atoms. The van der Waals surface area contributed by atoms with Gasteiger partial charge in [-0.25, -0.2) is 10.2 Å². The topological polar surface area (TPSA) is 91.2 Å². The summed E-state index contributed by atoms with van der Waals surface area (Å²) >= 11 is 0. The molecule has 0 radical (unpaired) electrons. The number of nitrogens with one attached hydrogen (secondary N) is 1. The first-order valence-electron chi connectivity index (χ1n) is 7.97. The second kappa shape index (κ2) is 8.66. The van der Waals surface area contributed by atoms with Gasteiger partial charge < -0.3 is 14.7 Å². The maximum absolute atomic E-state index is 12.1. The Bertz CT molecular complexity index is 801. The van der Waals surface area contributed by atoms with E-state index in [0.717, 1.165) is 11.3 Å². The number of carbonyl (C=O) groups excluding carboxylic acids is 1. The van der Waals surface area contributed by atoms with E-state index in [1.54, 1.807) is 36.4 Å².